The lowest BCUT2D eigenvalue weighted by Crippen LogP contribution is -2.07. The minimum Gasteiger partial charge on any atom is -0.481 e. The fourth-order valence-corrected chi connectivity index (χ4v) is 2.68. The van der Waals surface area contributed by atoms with Crippen molar-refractivity contribution in [1.29, 1.82) is 0 Å². The molecule has 0 fully saturated rings. The summed E-state index contributed by atoms with van der Waals surface area (Å²) in [7, 11) is 1.91. The Bertz CT molecular complexity index is 647. The molecule has 2 aromatic heterocycles. The highest BCUT2D eigenvalue weighted by atomic mass is 32.2. The maximum Gasteiger partial charge on any atom is 0.313 e. The predicted octanol–water partition coefficient (Wildman–Crippen LogP) is 1.16. The van der Waals surface area contributed by atoms with Crippen molar-refractivity contribution in [3.63, 3.8) is 0 Å². The zero-order chi connectivity index (χ0) is 14.9. The molecular weight excluding hydrogens is 278 g/mol. The van der Waals surface area contributed by atoms with E-state index in [1.807, 2.05) is 37.1 Å². The van der Waals surface area contributed by atoms with E-state index in [2.05, 4.69) is 15.3 Å². The molecule has 0 aliphatic rings. The summed E-state index contributed by atoms with van der Waals surface area (Å²) in [5.74, 6) is -0.125. The molecule has 2 heterocycles. The Morgan fingerprint density at radius 3 is 2.55 bits per heavy atom. The summed E-state index contributed by atoms with van der Waals surface area (Å²) in [5.41, 5.74) is 3.17. The van der Waals surface area contributed by atoms with Crippen LogP contribution in [-0.2, 0) is 18.4 Å². The first kappa shape index (κ1) is 14.6. The van der Waals surface area contributed by atoms with Gasteiger partial charge in [0.2, 0.25) is 0 Å². The normalized spacial score (nSPS) is 11.0. The van der Waals surface area contributed by atoms with Gasteiger partial charge >= 0.3 is 5.97 Å². The number of carboxylic acids is 1. The third-order valence-electron chi connectivity index (χ3n) is 3.20. The molecule has 0 unspecified atom stereocenters. The van der Waals surface area contributed by atoms with Crippen molar-refractivity contribution >= 4 is 17.7 Å². The molecule has 2 rings (SSSR count). The fraction of sp³-hybridized carbons (Fsp3) is 0.500. The number of thioether (sulfide) groups is 1. The van der Waals surface area contributed by atoms with Gasteiger partial charge in [-0.05, 0) is 20.8 Å². The molecule has 0 spiro atoms. The third-order valence-corrected chi connectivity index (χ3v) is 4.15. The molecule has 20 heavy (non-hydrogen) atoms. The number of hydrogen-bond acceptors (Lipinski definition) is 5. The van der Waals surface area contributed by atoms with Crippen molar-refractivity contribution in [3.05, 3.63) is 22.8 Å². The summed E-state index contributed by atoms with van der Waals surface area (Å²) in [6.07, 6.45) is 0. The van der Waals surface area contributed by atoms with E-state index in [4.69, 9.17) is 5.11 Å². The van der Waals surface area contributed by atoms with Gasteiger partial charge in [0.15, 0.2) is 5.16 Å². The Labute approximate surface area is 121 Å². The molecule has 1 N–H and O–H groups in total. The zero-order valence-electron chi connectivity index (χ0n) is 11.9. The van der Waals surface area contributed by atoms with Gasteiger partial charge in [0.25, 0.3) is 0 Å². The van der Waals surface area contributed by atoms with E-state index in [1.165, 1.54) is 11.8 Å². The zero-order valence-corrected chi connectivity index (χ0v) is 12.7. The topological polar surface area (TPSA) is 85.8 Å². The van der Waals surface area contributed by atoms with Crippen LogP contribution in [0.3, 0.4) is 0 Å². The van der Waals surface area contributed by atoms with Crippen LogP contribution >= 0.6 is 11.8 Å². The average Bonchev–Trinajstić information content (AvgIpc) is 2.83. The molecule has 0 atom stereocenters. The lowest BCUT2D eigenvalue weighted by molar-refractivity contribution is -0.133. The molecule has 0 aliphatic carbocycles. The van der Waals surface area contributed by atoms with Gasteiger partial charge in [0, 0.05) is 18.3 Å². The quantitative estimate of drug-likeness (QED) is 0.833. The smallest absolute Gasteiger partial charge is 0.313 e. The van der Waals surface area contributed by atoms with E-state index in [0.717, 1.165) is 22.8 Å². The summed E-state index contributed by atoms with van der Waals surface area (Å²) in [5, 5.41) is 21.8. The summed E-state index contributed by atoms with van der Waals surface area (Å²) in [6, 6.07) is 0. The SMILES string of the molecule is Cc1nn(C)c(C)c1Cn1c(C)nnc1SCC(=O)O. The molecule has 0 radical (unpaired) electrons. The van der Waals surface area contributed by atoms with Gasteiger partial charge in [0.05, 0.1) is 18.0 Å². The summed E-state index contributed by atoms with van der Waals surface area (Å²) in [4.78, 5) is 10.7. The second kappa shape index (κ2) is 5.66. The molecule has 0 amide bonds. The van der Waals surface area contributed by atoms with E-state index in [0.29, 0.717) is 11.7 Å². The highest BCUT2D eigenvalue weighted by Gasteiger charge is 2.16. The Balaban J connectivity index is 2.28. The number of carboxylic acid groups (broad SMARTS) is 1. The van der Waals surface area contributed by atoms with Crippen molar-refractivity contribution in [2.24, 2.45) is 7.05 Å². The molecule has 0 saturated carbocycles. The second-order valence-electron chi connectivity index (χ2n) is 4.57. The van der Waals surface area contributed by atoms with Gasteiger partial charge < -0.3 is 9.67 Å². The predicted molar refractivity (Wildman–Crippen MR) is 74.9 cm³/mol. The van der Waals surface area contributed by atoms with Crippen LogP contribution in [0.25, 0.3) is 0 Å². The van der Waals surface area contributed by atoms with Gasteiger partial charge in [-0.3, -0.25) is 9.48 Å². The van der Waals surface area contributed by atoms with Crippen LogP contribution < -0.4 is 0 Å². The average molecular weight is 295 g/mol. The van der Waals surface area contributed by atoms with E-state index in [1.54, 1.807) is 0 Å². The first-order valence-electron chi connectivity index (χ1n) is 6.13. The molecule has 0 aromatic carbocycles. The number of hydrogen-bond donors (Lipinski definition) is 1. The van der Waals surface area contributed by atoms with Crippen molar-refractivity contribution in [2.45, 2.75) is 32.5 Å². The standard InChI is InChI=1S/C12H17N5O2S/c1-7-10(8(2)16(4)15-7)5-17-9(3)13-14-12(17)20-6-11(18)19/h5-6H2,1-4H3,(H,18,19). The molecule has 0 saturated heterocycles. The Morgan fingerprint density at radius 1 is 1.30 bits per heavy atom. The Kier molecular flexibility index (Phi) is 4.12. The van der Waals surface area contributed by atoms with Crippen LogP contribution in [0.15, 0.2) is 5.16 Å². The summed E-state index contributed by atoms with van der Waals surface area (Å²) < 4.78 is 3.76. The Hall–Kier alpha value is -1.83. The summed E-state index contributed by atoms with van der Waals surface area (Å²) in [6.45, 7) is 6.44. The van der Waals surface area contributed by atoms with E-state index in [-0.39, 0.29) is 5.75 Å². The minimum absolute atomic E-state index is 0.0247. The van der Waals surface area contributed by atoms with E-state index in [9.17, 15) is 4.79 Å². The van der Waals surface area contributed by atoms with Crippen molar-refractivity contribution in [3.8, 4) is 0 Å². The number of nitrogens with zero attached hydrogens (tertiary/aromatic N) is 5. The van der Waals surface area contributed by atoms with Crippen molar-refractivity contribution in [1.82, 2.24) is 24.5 Å². The summed E-state index contributed by atoms with van der Waals surface area (Å²) >= 11 is 1.18. The number of aromatic nitrogens is 5. The van der Waals surface area contributed by atoms with Gasteiger partial charge in [-0.1, -0.05) is 11.8 Å². The van der Waals surface area contributed by atoms with Crippen molar-refractivity contribution < 1.29 is 9.90 Å². The number of aryl methyl sites for hydroxylation is 3. The highest BCUT2D eigenvalue weighted by molar-refractivity contribution is 7.99. The van der Waals surface area contributed by atoms with E-state index >= 15 is 0 Å². The van der Waals surface area contributed by atoms with Gasteiger partial charge in [-0.2, -0.15) is 5.10 Å². The molecule has 0 aliphatic heterocycles. The molecule has 7 nitrogen and oxygen atoms in total. The van der Waals surface area contributed by atoms with Crippen molar-refractivity contribution in [2.75, 3.05) is 5.75 Å². The minimum atomic E-state index is -0.865. The van der Waals surface area contributed by atoms with Crippen LogP contribution in [-0.4, -0.2) is 41.4 Å². The Morgan fingerprint density at radius 2 is 2.00 bits per heavy atom. The number of aliphatic carboxylic acids is 1. The van der Waals surface area contributed by atoms with Gasteiger partial charge in [-0.15, -0.1) is 10.2 Å². The van der Waals surface area contributed by atoms with E-state index < -0.39 is 5.97 Å². The van der Waals surface area contributed by atoms with Gasteiger partial charge in [0.1, 0.15) is 5.82 Å². The lowest BCUT2D eigenvalue weighted by atomic mass is 10.2. The first-order chi connectivity index (χ1) is 9.40. The lowest BCUT2D eigenvalue weighted by Gasteiger charge is -2.08. The molecular formula is C12H17N5O2S. The molecule has 0 bridgehead atoms. The first-order valence-corrected chi connectivity index (χ1v) is 7.12. The number of carbonyl (C=O) groups is 1. The van der Waals surface area contributed by atoms with Gasteiger partial charge in [-0.25, -0.2) is 0 Å². The number of rotatable bonds is 5. The monoisotopic (exact) mass is 295 g/mol. The van der Waals surface area contributed by atoms with Crippen LogP contribution in [0.1, 0.15) is 22.8 Å². The molecule has 108 valence electrons. The second-order valence-corrected chi connectivity index (χ2v) is 5.51. The highest BCUT2D eigenvalue weighted by Crippen LogP contribution is 2.20. The maximum atomic E-state index is 10.7. The largest absolute Gasteiger partial charge is 0.481 e. The van der Waals surface area contributed by atoms with Crippen LogP contribution in [0, 0.1) is 20.8 Å². The van der Waals surface area contributed by atoms with Crippen LogP contribution in [0.5, 0.6) is 0 Å². The van der Waals surface area contributed by atoms with Crippen LogP contribution in [0.2, 0.25) is 0 Å². The van der Waals surface area contributed by atoms with Crippen LogP contribution in [0.4, 0.5) is 0 Å². The fourth-order valence-electron chi connectivity index (χ4n) is 1.98. The molecule has 8 heteroatoms. The molecule has 2 aromatic rings. The third kappa shape index (κ3) is 2.84. The maximum absolute atomic E-state index is 10.7.